The number of hydrogen-bond acceptors (Lipinski definition) is 5. The quantitative estimate of drug-likeness (QED) is 0.860. The van der Waals surface area contributed by atoms with Crippen LogP contribution in [0.3, 0.4) is 0 Å². The maximum atomic E-state index is 12.6. The molecule has 0 aliphatic carbocycles. The van der Waals surface area contributed by atoms with E-state index < -0.39 is 0 Å². The first kappa shape index (κ1) is 15.7. The highest BCUT2D eigenvalue weighted by atomic mass is 32.1. The fourth-order valence-electron chi connectivity index (χ4n) is 2.79. The molecule has 1 aliphatic rings. The molecule has 1 amide bonds. The average Bonchev–Trinajstić information content (AvgIpc) is 3.11. The molecule has 0 spiro atoms. The summed E-state index contributed by atoms with van der Waals surface area (Å²) in [4.78, 5) is 21.7. The second-order valence-electron chi connectivity index (χ2n) is 5.65. The second kappa shape index (κ2) is 6.94. The minimum absolute atomic E-state index is 0.0182. The molecule has 0 saturated carbocycles. The molecule has 0 N–H and O–H groups in total. The number of aryl methyl sites for hydroxylation is 1. The van der Waals surface area contributed by atoms with Crippen LogP contribution in [0.2, 0.25) is 0 Å². The number of carbonyl (C=O) groups is 1. The molecule has 120 valence electrons. The third-order valence-electron chi connectivity index (χ3n) is 4.14. The molecule has 23 heavy (non-hydrogen) atoms. The zero-order valence-corrected chi connectivity index (χ0v) is 13.9. The highest BCUT2D eigenvalue weighted by Gasteiger charge is 2.23. The normalized spacial score (nSPS) is 16.1. The van der Waals surface area contributed by atoms with Crippen molar-refractivity contribution in [3.05, 3.63) is 40.1 Å². The van der Waals surface area contributed by atoms with E-state index >= 15 is 0 Å². The van der Waals surface area contributed by atoms with Gasteiger partial charge < -0.3 is 9.47 Å². The molecule has 2 aromatic rings. The van der Waals surface area contributed by atoms with Gasteiger partial charge in [-0.1, -0.05) is 0 Å². The van der Waals surface area contributed by atoms with Gasteiger partial charge in [0, 0.05) is 45.6 Å². The molecule has 7 heteroatoms. The van der Waals surface area contributed by atoms with Crippen LogP contribution in [0.5, 0.6) is 0 Å². The highest BCUT2D eigenvalue weighted by Crippen LogP contribution is 2.19. The number of aromatic nitrogens is 2. The highest BCUT2D eigenvalue weighted by molar-refractivity contribution is 7.12. The van der Waals surface area contributed by atoms with E-state index in [1.54, 1.807) is 11.4 Å². The van der Waals surface area contributed by atoms with E-state index in [-0.39, 0.29) is 5.91 Å². The lowest BCUT2D eigenvalue weighted by Crippen LogP contribution is -2.35. The van der Waals surface area contributed by atoms with Crippen LogP contribution in [0.1, 0.15) is 27.5 Å². The van der Waals surface area contributed by atoms with Gasteiger partial charge in [0.15, 0.2) is 0 Å². The first-order valence-corrected chi connectivity index (χ1v) is 8.52. The van der Waals surface area contributed by atoms with Crippen molar-refractivity contribution in [2.45, 2.75) is 13.0 Å². The van der Waals surface area contributed by atoms with Crippen molar-refractivity contribution in [3.8, 4) is 6.07 Å². The molecular formula is C16H19N5OS. The van der Waals surface area contributed by atoms with Crippen molar-refractivity contribution >= 4 is 17.2 Å². The number of nitrogens with zero attached hydrogens (tertiary/aromatic N) is 5. The van der Waals surface area contributed by atoms with E-state index in [0.717, 1.165) is 38.4 Å². The van der Waals surface area contributed by atoms with Gasteiger partial charge in [0.2, 0.25) is 0 Å². The number of thiophene rings is 1. The van der Waals surface area contributed by atoms with Gasteiger partial charge in [0.1, 0.15) is 16.8 Å². The van der Waals surface area contributed by atoms with Gasteiger partial charge in [-0.3, -0.25) is 9.69 Å². The Morgan fingerprint density at radius 3 is 3.00 bits per heavy atom. The number of imidazole rings is 1. The molecule has 0 unspecified atom stereocenters. The summed E-state index contributed by atoms with van der Waals surface area (Å²) >= 11 is 1.35. The molecule has 1 fully saturated rings. The van der Waals surface area contributed by atoms with Gasteiger partial charge in [-0.05, 0) is 17.9 Å². The van der Waals surface area contributed by atoms with Crippen LogP contribution < -0.4 is 0 Å². The van der Waals surface area contributed by atoms with Gasteiger partial charge in [0.05, 0.1) is 12.1 Å². The van der Waals surface area contributed by atoms with Crippen LogP contribution in [-0.4, -0.2) is 51.4 Å². The SMILES string of the molecule is Cn1ccnc1CN1CCCN(C(=O)c2sccc2C#N)CC1. The van der Waals surface area contributed by atoms with E-state index in [2.05, 4.69) is 16.0 Å². The number of amides is 1. The van der Waals surface area contributed by atoms with Gasteiger partial charge in [-0.25, -0.2) is 4.98 Å². The Morgan fingerprint density at radius 2 is 2.26 bits per heavy atom. The third kappa shape index (κ3) is 3.44. The summed E-state index contributed by atoms with van der Waals surface area (Å²) in [5, 5.41) is 10.9. The third-order valence-corrected chi connectivity index (χ3v) is 5.04. The van der Waals surface area contributed by atoms with Crippen molar-refractivity contribution in [3.63, 3.8) is 0 Å². The standard InChI is InChI=1S/C16H19N5OS/c1-19-7-4-18-14(19)12-20-5-2-6-21(9-8-20)16(22)15-13(11-17)3-10-23-15/h3-4,7,10H,2,5-6,8-9,12H2,1H3. The molecule has 6 nitrogen and oxygen atoms in total. The maximum absolute atomic E-state index is 12.6. The lowest BCUT2D eigenvalue weighted by atomic mass is 10.2. The van der Waals surface area contributed by atoms with Gasteiger partial charge in [-0.15, -0.1) is 11.3 Å². The van der Waals surface area contributed by atoms with E-state index in [9.17, 15) is 4.79 Å². The average molecular weight is 329 g/mol. The fourth-order valence-corrected chi connectivity index (χ4v) is 3.60. The Kier molecular flexibility index (Phi) is 4.74. The van der Waals surface area contributed by atoms with E-state index in [1.165, 1.54) is 11.3 Å². The van der Waals surface area contributed by atoms with E-state index in [1.807, 2.05) is 28.9 Å². The first-order valence-electron chi connectivity index (χ1n) is 7.64. The van der Waals surface area contributed by atoms with Crippen LogP contribution in [0.15, 0.2) is 23.8 Å². The predicted molar refractivity (Wildman–Crippen MR) is 88.0 cm³/mol. The first-order chi connectivity index (χ1) is 11.2. The number of hydrogen-bond donors (Lipinski definition) is 0. The molecule has 0 aromatic carbocycles. The molecule has 0 radical (unpaired) electrons. The lowest BCUT2D eigenvalue weighted by molar-refractivity contribution is 0.0765. The van der Waals surface area contributed by atoms with Gasteiger partial charge >= 0.3 is 0 Å². The molecule has 1 aliphatic heterocycles. The largest absolute Gasteiger partial charge is 0.337 e. The van der Waals surface area contributed by atoms with Crippen LogP contribution >= 0.6 is 11.3 Å². The lowest BCUT2D eigenvalue weighted by Gasteiger charge is -2.21. The Morgan fingerprint density at radius 1 is 1.39 bits per heavy atom. The van der Waals surface area contributed by atoms with Gasteiger partial charge in [-0.2, -0.15) is 5.26 Å². The molecule has 0 bridgehead atoms. The summed E-state index contributed by atoms with van der Waals surface area (Å²) in [5.74, 6) is 1.02. The smallest absolute Gasteiger partial charge is 0.265 e. The number of carbonyl (C=O) groups excluding carboxylic acids is 1. The summed E-state index contributed by atoms with van der Waals surface area (Å²) < 4.78 is 2.03. The minimum Gasteiger partial charge on any atom is -0.337 e. The zero-order chi connectivity index (χ0) is 16.2. The summed E-state index contributed by atoms with van der Waals surface area (Å²) in [6, 6.07) is 3.81. The topological polar surface area (TPSA) is 65.2 Å². The van der Waals surface area contributed by atoms with Crippen molar-refractivity contribution in [2.24, 2.45) is 7.05 Å². The van der Waals surface area contributed by atoms with Crippen LogP contribution in [-0.2, 0) is 13.6 Å². The van der Waals surface area contributed by atoms with Crippen molar-refractivity contribution < 1.29 is 4.79 Å². The van der Waals surface area contributed by atoms with Crippen molar-refractivity contribution in [1.82, 2.24) is 19.4 Å². The van der Waals surface area contributed by atoms with Crippen LogP contribution in [0, 0.1) is 11.3 Å². The summed E-state index contributed by atoms with van der Waals surface area (Å²) in [5.41, 5.74) is 0.481. The second-order valence-corrected chi connectivity index (χ2v) is 6.57. The Bertz CT molecular complexity index is 729. The van der Waals surface area contributed by atoms with Crippen molar-refractivity contribution in [2.75, 3.05) is 26.2 Å². The monoisotopic (exact) mass is 329 g/mol. The molecule has 3 heterocycles. The Balaban J connectivity index is 1.63. The summed E-state index contributed by atoms with van der Waals surface area (Å²) in [6.07, 6.45) is 4.69. The Labute approximate surface area is 139 Å². The van der Waals surface area contributed by atoms with Crippen molar-refractivity contribution in [1.29, 1.82) is 5.26 Å². The number of nitriles is 1. The Hall–Kier alpha value is -2.17. The minimum atomic E-state index is -0.0182. The molecule has 3 rings (SSSR count). The summed E-state index contributed by atoms with van der Waals surface area (Å²) in [6.45, 7) is 4.00. The van der Waals surface area contributed by atoms with Gasteiger partial charge in [0.25, 0.3) is 5.91 Å². The predicted octanol–water partition coefficient (Wildman–Crippen LogP) is 1.70. The number of rotatable bonds is 3. The maximum Gasteiger partial charge on any atom is 0.265 e. The fraction of sp³-hybridized carbons (Fsp3) is 0.438. The van der Waals surface area contributed by atoms with Crippen LogP contribution in [0.25, 0.3) is 0 Å². The molecular weight excluding hydrogens is 310 g/mol. The van der Waals surface area contributed by atoms with E-state index in [0.29, 0.717) is 17.0 Å². The van der Waals surface area contributed by atoms with Crippen LogP contribution in [0.4, 0.5) is 0 Å². The molecule has 0 atom stereocenters. The molecule has 1 saturated heterocycles. The molecule has 2 aromatic heterocycles. The van der Waals surface area contributed by atoms with E-state index in [4.69, 9.17) is 5.26 Å². The zero-order valence-electron chi connectivity index (χ0n) is 13.1. The summed E-state index contributed by atoms with van der Waals surface area (Å²) in [7, 11) is 2.00.